The first-order chi connectivity index (χ1) is 7.48. The molecule has 0 aromatic heterocycles. The van der Waals surface area contributed by atoms with Crippen LogP contribution in [0.25, 0.3) is 0 Å². The first-order valence-corrected chi connectivity index (χ1v) is 7.32. The molecule has 0 bridgehead atoms. The van der Waals surface area contributed by atoms with Gasteiger partial charge in [-0.2, -0.15) is 13.1 Å². The molecule has 0 unspecified atom stereocenters. The third-order valence-corrected chi connectivity index (χ3v) is 3.68. The molecule has 16 heavy (non-hydrogen) atoms. The first-order valence-electron chi connectivity index (χ1n) is 5.04. The number of nitrogens with one attached hydrogen (secondary N) is 2. The third kappa shape index (κ3) is 3.77. The zero-order valence-electron chi connectivity index (χ0n) is 9.25. The second-order valence-electron chi connectivity index (χ2n) is 3.26. The molecular weight excluding hydrogens is 292 g/mol. The number of anilines is 1. The minimum atomic E-state index is -3.45. The van der Waals surface area contributed by atoms with Crippen LogP contribution >= 0.6 is 15.9 Å². The SMILES string of the molecule is CCNS(=O)(=O)Nc1ccc(Br)cc1CC. The number of rotatable bonds is 5. The third-order valence-electron chi connectivity index (χ3n) is 2.03. The molecule has 6 heteroatoms. The molecule has 0 radical (unpaired) electrons. The van der Waals surface area contributed by atoms with Gasteiger partial charge in [0.15, 0.2) is 0 Å². The summed E-state index contributed by atoms with van der Waals surface area (Å²) < 4.78 is 28.9. The van der Waals surface area contributed by atoms with Crippen LogP contribution in [0.3, 0.4) is 0 Å². The van der Waals surface area contributed by atoms with E-state index in [0.29, 0.717) is 12.2 Å². The molecule has 0 fully saturated rings. The number of aryl methyl sites for hydroxylation is 1. The quantitative estimate of drug-likeness (QED) is 0.877. The van der Waals surface area contributed by atoms with Gasteiger partial charge in [0.25, 0.3) is 10.2 Å². The summed E-state index contributed by atoms with van der Waals surface area (Å²) in [5.41, 5.74) is 1.57. The maximum Gasteiger partial charge on any atom is 0.299 e. The molecule has 2 N–H and O–H groups in total. The van der Waals surface area contributed by atoms with Gasteiger partial charge in [-0.25, -0.2) is 0 Å². The Morgan fingerprint density at radius 3 is 2.56 bits per heavy atom. The van der Waals surface area contributed by atoms with Crippen LogP contribution in [-0.2, 0) is 16.6 Å². The Morgan fingerprint density at radius 2 is 2.00 bits per heavy atom. The van der Waals surface area contributed by atoms with Crippen LogP contribution in [0.4, 0.5) is 5.69 Å². The van der Waals surface area contributed by atoms with Gasteiger partial charge in [-0.05, 0) is 30.2 Å². The van der Waals surface area contributed by atoms with Gasteiger partial charge in [-0.1, -0.05) is 29.8 Å². The van der Waals surface area contributed by atoms with Crippen molar-refractivity contribution in [3.8, 4) is 0 Å². The zero-order valence-corrected chi connectivity index (χ0v) is 11.7. The van der Waals surface area contributed by atoms with Crippen LogP contribution in [-0.4, -0.2) is 15.0 Å². The molecule has 4 nitrogen and oxygen atoms in total. The van der Waals surface area contributed by atoms with Crippen molar-refractivity contribution in [2.45, 2.75) is 20.3 Å². The topological polar surface area (TPSA) is 58.2 Å². The maximum atomic E-state index is 11.5. The van der Waals surface area contributed by atoms with E-state index in [0.717, 1.165) is 16.5 Å². The molecule has 0 saturated heterocycles. The van der Waals surface area contributed by atoms with Crippen molar-refractivity contribution in [3.05, 3.63) is 28.2 Å². The van der Waals surface area contributed by atoms with Crippen LogP contribution < -0.4 is 9.44 Å². The Hall–Kier alpha value is -0.590. The molecule has 1 aromatic carbocycles. The lowest BCUT2D eigenvalue weighted by Gasteiger charge is -2.11. The number of benzene rings is 1. The summed E-state index contributed by atoms with van der Waals surface area (Å²) in [6, 6.07) is 5.46. The predicted octanol–water partition coefficient (Wildman–Crippen LogP) is 2.28. The highest BCUT2D eigenvalue weighted by atomic mass is 79.9. The highest BCUT2D eigenvalue weighted by molar-refractivity contribution is 9.10. The Kier molecular flexibility index (Phi) is 4.76. The van der Waals surface area contributed by atoms with E-state index < -0.39 is 10.2 Å². The number of halogens is 1. The van der Waals surface area contributed by atoms with E-state index in [4.69, 9.17) is 0 Å². The van der Waals surface area contributed by atoms with Crippen LogP contribution in [0.2, 0.25) is 0 Å². The van der Waals surface area contributed by atoms with Gasteiger partial charge in [0.05, 0.1) is 5.69 Å². The Bertz CT molecular complexity index is 460. The fourth-order valence-corrected chi connectivity index (χ4v) is 2.67. The standard InChI is InChI=1S/C10H15BrN2O2S/c1-3-8-7-9(11)5-6-10(8)13-16(14,15)12-4-2/h5-7,12-13H,3-4H2,1-2H3. The monoisotopic (exact) mass is 306 g/mol. The molecule has 1 rings (SSSR count). The van der Waals surface area contributed by atoms with E-state index in [2.05, 4.69) is 25.4 Å². The van der Waals surface area contributed by atoms with Crippen molar-refractivity contribution in [3.63, 3.8) is 0 Å². The Labute approximate surface area is 105 Å². The molecule has 0 amide bonds. The average molecular weight is 307 g/mol. The minimum Gasteiger partial charge on any atom is -0.271 e. The molecular formula is C10H15BrN2O2S. The summed E-state index contributed by atoms with van der Waals surface area (Å²) in [5, 5.41) is 0. The molecule has 0 heterocycles. The van der Waals surface area contributed by atoms with E-state index in [1.54, 1.807) is 13.0 Å². The van der Waals surface area contributed by atoms with Crippen LogP contribution in [0.15, 0.2) is 22.7 Å². The summed E-state index contributed by atoms with van der Waals surface area (Å²) in [6.07, 6.45) is 0.767. The van der Waals surface area contributed by atoms with Gasteiger partial charge in [0.2, 0.25) is 0 Å². The first kappa shape index (κ1) is 13.5. The summed E-state index contributed by atoms with van der Waals surface area (Å²) in [5.74, 6) is 0. The fraction of sp³-hybridized carbons (Fsp3) is 0.400. The minimum absolute atomic E-state index is 0.368. The summed E-state index contributed by atoms with van der Waals surface area (Å²) in [4.78, 5) is 0. The normalized spacial score (nSPS) is 11.4. The number of hydrogen-bond acceptors (Lipinski definition) is 2. The van der Waals surface area contributed by atoms with Crippen molar-refractivity contribution in [1.29, 1.82) is 0 Å². The molecule has 90 valence electrons. The van der Waals surface area contributed by atoms with Crippen molar-refractivity contribution in [2.75, 3.05) is 11.3 Å². The van der Waals surface area contributed by atoms with E-state index in [1.165, 1.54) is 0 Å². The molecule has 0 aliphatic rings. The smallest absolute Gasteiger partial charge is 0.271 e. The lowest BCUT2D eigenvalue weighted by Crippen LogP contribution is -2.30. The Morgan fingerprint density at radius 1 is 1.31 bits per heavy atom. The van der Waals surface area contributed by atoms with E-state index in [1.807, 2.05) is 19.1 Å². The van der Waals surface area contributed by atoms with Crippen molar-refractivity contribution in [1.82, 2.24) is 4.72 Å². The molecule has 0 aliphatic heterocycles. The summed E-state index contributed by atoms with van der Waals surface area (Å²) in [7, 11) is -3.45. The van der Waals surface area contributed by atoms with Crippen LogP contribution in [0.1, 0.15) is 19.4 Å². The molecule has 0 aliphatic carbocycles. The van der Waals surface area contributed by atoms with E-state index >= 15 is 0 Å². The van der Waals surface area contributed by atoms with Gasteiger partial charge in [-0.15, -0.1) is 0 Å². The van der Waals surface area contributed by atoms with Gasteiger partial charge in [-0.3, -0.25) is 4.72 Å². The van der Waals surface area contributed by atoms with E-state index in [-0.39, 0.29) is 0 Å². The second kappa shape index (κ2) is 5.65. The summed E-state index contributed by atoms with van der Waals surface area (Å²) in [6.45, 7) is 4.09. The van der Waals surface area contributed by atoms with Crippen molar-refractivity contribution >= 4 is 31.8 Å². The van der Waals surface area contributed by atoms with E-state index in [9.17, 15) is 8.42 Å². The summed E-state index contributed by atoms with van der Waals surface area (Å²) >= 11 is 3.35. The van der Waals surface area contributed by atoms with Crippen LogP contribution in [0.5, 0.6) is 0 Å². The van der Waals surface area contributed by atoms with Crippen molar-refractivity contribution < 1.29 is 8.42 Å². The average Bonchev–Trinajstić information content (AvgIpc) is 2.20. The lowest BCUT2D eigenvalue weighted by atomic mass is 10.1. The van der Waals surface area contributed by atoms with Gasteiger partial charge in [0.1, 0.15) is 0 Å². The van der Waals surface area contributed by atoms with Crippen molar-refractivity contribution in [2.24, 2.45) is 0 Å². The molecule has 0 spiro atoms. The zero-order chi connectivity index (χ0) is 12.2. The maximum absolute atomic E-state index is 11.5. The van der Waals surface area contributed by atoms with Gasteiger partial charge >= 0.3 is 0 Å². The molecule has 0 atom stereocenters. The van der Waals surface area contributed by atoms with Gasteiger partial charge < -0.3 is 0 Å². The molecule has 0 saturated carbocycles. The fourth-order valence-electron chi connectivity index (χ4n) is 1.33. The van der Waals surface area contributed by atoms with Gasteiger partial charge in [0, 0.05) is 11.0 Å². The highest BCUT2D eigenvalue weighted by Gasteiger charge is 2.10. The largest absolute Gasteiger partial charge is 0.299 e. The lowest BCUT2D eigenvalue weighted by molar-refractivity contribution is 0.589. The number of hydrogen-bond donors (Lipinski definition) is 2. The Balaban J connectivity index is 2.97. The van der Waals surface area contributed by atoms with Crippen LogP contribution in [0, 0.1) is 0 Å². The second-order valence-corrected chi connectivity index (χ2v) is 5.67. The predicted molar refractivity (Wildman–Crippen MR) is 69.7 cm³/mol. The molecule has 1 aromatic rings. The highest BCUT2D eigenvalue weighted by Crippen LogP contribution is 2.22.